The van der Waals surface area contributed by atoms with Crippen molar-refractivity contribution in [2.24, 2.45) is 5.73 Å². The molecule has 0 aliphatic heterocycles. The number of ether oxygens (including phenoxy) is 1. The van der Waals surface area contributed by atoms with Gasteiger partial charge in [0.15, 0.2) is 0 Å². The van der Waals surface area contributed by atoms with Crippen molar-refractivity contribution in [1.82, 2.24) is 9.97 Å². The number of carbonyl (C=O) groups is 1. The molecule has 0 bridgehead atoms. The lowest BCUT2D eigenvalue weighted by molar-refractivity contribution is 0.0601. The Morgan fingerprint density at radius 3 is 2.67 bits per heavy atom. The van der Waals surface area contributed by atoms with Gasteiger partial charge in [-0.15, -0.1) is 0 Å². The summed E-state index contributed by atoms with van der Waals surface area (Å²) in [5.41, 5.74) is 9.38. The predicted octanol–water partition coefficient (Wildman–Crippen LogP) is 3.73. The summed E-state index contributed by atoms with van der Waals surface area (Å²) in [6, 6.07) is 15.9. The van der Waals surface area contributed by atoms with Crippen LogP contribution in [0.2, 0.25) is 0 Å². The van der Waals surface area contributed by atoms with E-state index in [2.05, 4.69) is 34.6 Å². The number of nitrogens with two attached hydrogens (primary N) is 1. The highest BCUT2D eigenvalue weighted by Gasteiger charge is 2.12. The Bertz CT molecular complexity index is 1210. The molecular weight excluding hydrogens is 376 g/mol. The van der Waals surface area contributed by atoms with Crippen molar-refractivity contribution in [3.63, 3.8) is 0 Å². The van der Waals surface area contributed by atoms with Crippen LogP contribution in [0.3, 0.4) is 0 Å². The zero-order chi connectivity index (χ0) is 20.9. The monoisotopic (exact) mass is 400 g/mol. The van der Waals surface area contributed by atoms with Crippen molar-refractivity contribution in [3.05, 3.63) is 77.6 Å². The Morgan fingerprint density at radius 2 is 1.87 bits per heavy atom. The minimum atomic E-state index is -0.378. The SMILES string of the molecule is COC(=O)c1ccc2c(c1)nc(NCCc1cccc(CCN)c1)c1ccncc12. The second kappa shape index (κ2) is 8.88. The van der Waals surface area contributed by atoms with Crippen molar-refractivity contribution in [1.29, 1.82) is 0 Å². The van der Waals surface area contributed by atoms with Crippen LogP contribution >= 0.6 is 0 Å². The normalized spacial score (nSPS) is 11.0. The van der Waals surface area contributed by atoms with Gasteiger partial charge in [-0.3, -0.25) is 4.98 Å². The van der Waals surface area contributed by atoms with Gasteiger partial charge in [-0.25, -0.2) is 9.78 Å². The molecule has 0 amide bonds. The molecule has 0 atom stereocenters. The number of nitrogens with one attached hydrogen (secondary N) is 1. The highest BCUT2D eigenvalue weighted by molar-refractivity contribution is 6.10. The fraction of sp³-hybridized carbons (Fsp3) is 0.208. The van der Waals surface area contributed by atoms with Crippen LogP contribution in [0, 0.1) is 0 Å². The van der Waals surface area contributed by atoms with Crippen LogP contribution in [0.25, 0.3) is 21.7 Å². The average molecular weight is 400 g/mol. The summed E-state index contributed by atoms with van der Waals surface area (Å²) in [6.45, 7) is 1.38. The smallest absolute Gasteiger partial charge is 0.337 e. The summed E-state index contributed by atoms with van der Waals surface area (Å²) in [5.74, 6) is 0.400. The minimum absolute atomic E-state index is 0.378. The Labute approximate surface area is 175 Å². The van der Waals surface area contributed by atoms with E-state index in [0.29, 0.717) is 12.1 Å². The van der Waals surface area contributed by atoms with Crippen molar-refractivity contribution >= 4 is 33.5 Å². The number of carbonyl (C=O) groups excluding carboxylic acids is 1. The van der Waals surface area contributed by atoms with E-state index in [0.717, 1.165) is 46.9 Å². The Morgan fingerprint density at radius 1 is 1.03 bits per heavy atom. The summed E-state index contributed by atoms with van der Waals surface area (Å²) in [6.07, 6.45) is 5.35. The number of benzene rings is 2. The van der Waals surface area contributed by atoms with Crippen molar-refractivity contribution in [2.75, 3.05) is 25.5 Å². The molecule has 0 fully saturated rings. The molecule has 4 aromatic rings. The van der Waals surface area contributed by atoms with Gasteiger partial charge < -0.3 is 15.8 Å². The maximum atomic E-state index is 11.9. The molecule has 0 aliphatic carbocycles. The number of anilines is 1. The first kappa shape index (κ1) is 19.8. The van der Waals surface area contributed by atoms with Gasteiger partial charge in [-0.1, -0.05) is 30.3 Å². The van der Waals surface area contributed by atoms with E-state index >= 15 is 0 Å². The first-order valence-electron chi connectivity index (χ1n) is 9.97. The van der Waals surface area contributed by atoms with Crippen LogP contribution in [-0.4, -0.2) is 36.1 Å². The van der Waals surface area contributed by atoms with E-state index in [1.165, 1.54) is 18.2 Å². The van der Waals surface area contributed by atoms with Gasteiger partial charge in [0.1, 0.15) is 5.82 Å². The van der Waals surface area contributed by atoms with Crippen LogP contribution < -0.4 is 11.1 Å². The molecule has 6 nitrogen and oxygen atoms in total. The summed E-state index contributed by atoms with van der Waals surface area (Å²) in [7, 11) is 1.37. The molecule has 0 spiro atoms. The number of hydrogen-bond acceptors (Lipinski definition) is 6. The van der Waals surface area contributed by atoms with E-state index in [-0.39, 0.29) is 5.97 Å². The van der Waals surface area contributed by atoms with Gasteiger partial charge in [0.05, 0.1) is 18.2 Å². The number of hydrogen-bond donors (Lipinski definition) is 2. The summed E-state index contributed by atoms with van der Waals surface area (Å²) >= 11 is 0. The molecule has 0 saturated heterocycles. The van der Waals surface area contributed by atoms with E-state index in [9.17, 15) is 4.79 Å². The molecule has 2 aromatic carbocycles. The van der Waals surface area contributed by atoms with Crippen molar-refractivity contribution in [3.8, 4) is 0 Å². The predicted molar refractivity (Wildman–Crippen MR) is 120 cm³/mol. The topological polar surface area (TPSA) is 90.1 Å². The molecule has 0 aliphatic rings. The van der Waals surface area contributed by atoms with Crippen LogP contribution in [0.5, 0.6) is 0 Å². The molecule has 0 unspecified atom stereocenters. The number of aromatic nitrogens is 2. The van der Waals surface area contributed by atoms with E-state index in [1.54, 1.807) is 18.3 Å². The van der Waals surface area contributed by atoms with Crippen LogP contribution in [0.15, 0.2) is 60.9 Å². The van der Waals surface area contributed by atoms with E-state index in [1.807, 2.05) is 18.3 Å². The number of rotatable bonds is 7. The molecule has 0 saturated carbocycles. The molecule has 30 heavy (non-hydrogen) atoms. The average Bonchev–Trinajstić information content (AvgIpc) is 2.78. The fourth-order valence-electron chi connectivity index (χ4n) is 3.66. The first-order valence-corrected chi connectivity index (χ1v) is 9.97. The Balaban J connectivity index is 1.63. The van der Waals surface area contributed by atoms with Gasteiger partial charge in [0, 0.05) is 35.1 Å². The maximum Gasteiger partial charge on any atom is 0.337 e. The summed E-state index contributed by atoms with van der Waals surface area (Å²) in [5, 5.41) is 6.40. The molecule has 152 valence electrons. The largest absolute Gasteiger partial charge is 0.465 e. The number of fused-ring (bicyclic) bond motifs is 3. The summed E-state index contributed by atoms with van der Waals surface area (Å²) in [4.78, 5) is 21.0. The Hall–Kier alpha value is -3.51. The van der Waals surface area contributed by atoms with Gasteiger partial charge >= 0.3 is 5.97 Å². The molecule has 4 rings (SSSR count). The maximum absolute atomic E-state index is 11.9. The summed E-state index contributed by atoms with van der Waals surface area (Å²) < 4.78 is 4.84. The van der Waals surface area contributed by atoms with Crippen molar-refractivity contribution < 1.29 is 9.53 Å². The third kappa shape index (κ3) is 4.09. The lowest BCUT2D eigenvalue weighted by Gasteiger charge is -2.12. The molecule has 3 N–H and O–H groups in total. The van der Waals surface area contributed by atoms with E-state index < -0.39 is 0 Å². The Kier molecular flexibility index (Phi) is 5.86. The van der Waals surface area contributed by atoms with Gasteiger partial charge in [-0.2, -0.15) is 0 Å². The van der Waals surface area contributed by atoms with Gasteiger partial charge in [0.2, 0.25) is 0 Å². The first-order chi connectivity index (χ1) is 14.7. The van der Waals surface area contributed by atoms with Crippen molar-refractivity contribution in [2.45, 2.75) is 12.8 Å². The third-order valence-electron chi connectivity index (χ3n) is 5.15. The second-order valence-corrected chi connectivity index (χ2v) is 7.14. The van der Waals surface area contributed by atoms with E-state index in [4.69, 9.17) is 15.5 Å². The third-order valence-corrected chi connectivity index (χ3v) is 5.15. The molecule has 2 aromatic heterocycles. The quantitative estimate of drug-likeness (QED) is 0.363. The number of esters is 1. The van der Waals surface area contributed by atoms with Crippen LogP contribution in [0.1, 0.15) is 21.5 Å². The van der Waals surface area contributed by atoms with Crippen LogP contribution in [0.4, 0.5) is 5.82 Å². The number of methoxy groups -OCH3 is 1. The molecule has 2 heterocycles. The molecular formula is C24H24N4O2. The fourth-order valence-corrected chi connectivity index (χ4v) is 3.66. The lowest BCUT2D eigenvalue weighted by atomic mass is 10.0. The standard InChI is InChI=1S/C24H24N4O2/c1-30-24(29)18-5-6-19-21-15-26-11-9-20(21)23(28-22(19)14-18)27-12-8-17-4-2-3-16(13-17)7-10-25/h2-6,9,11,13-15H,7-8,10,12,25H2,1H3,(H,27,28). The molecule has 6 heteroatoms. The number of pyridine rings is 2. The van der Waals surface area contributed by atoms with Gasteiger partial charge in [0.25, 0.3) is 0 Å². The highest BCUT2D eigenvalue weighted by Crippen LogP contribution is 2.29. The molecule has 0 radical (unpaired) electrons. The van der Waals surface area contributed by atoms with Gasteiger partial charge in [-0.05, 0) is 48.7 Å². The zero-order valence-electron chi connectivity index (χ0n) is 16.9. The highest BCUT2D eigenvalue weighted by atomic mass is 16.5. The number of nitrogens with zero attached hydrogens (tertiary/aromatic N) is 2. The lowest BCUT2D eigenvalue weighted by Crippen LogP contribution is -2.08. The van der Waals surface area contributed by atoms with Crippen LogP contribution in [-0.2, 0) is 17.6 Å². The second-order valence-electron chi connectivity index (χ2n) is 7.14. The zero-order valence-corrected chi connectivity index (χ0v) is 16.9. The minimum Gasteiger partial charge on any atom is -0.465 e.